The summed E-state index contributed by atoms with van der Waals surface area (Å²) < 4.78 is 4.53. The molecule has 0 aliphatic heterocycles. The summed E-state index contributed by atoms with van der Waals surface area (Å²) in [4.78, 5) is 0. The van der Waals surface area contributed by atoms with E-state index in [4.69, 9.17) is 15.3 Å². The Morgan fingerprint density at radius 1 is 1.31 bits per heavy atom. The fraction of sp³-hybridized carbons (Fsp3) is 0.125. The first-order chi connectivity index (χ1) is 6.22. The van der Waals surface area contributed by atoms with Crippen LogP contribution < -0.4 is 0 Å². The van der Waals surface area contributed by atoms with E-state index in [1.54, 1.807) is 24.3 Å². The van der Waals surface area contributed by atoms with Gasteiger partial charge in [-0.2, -0.15) is 5.26 Å². The predicted molar refractivity (Wildman–Crippen MR) is 46.1 cm³/mol. The number of hydrogen-bond donors (Lipinski definition) is 2. The van der Waals surface area contributed by atoms with E-state index in [0.29, 0.717) is 5.56 Å². The second kappa shape index (κ2) is 4.62. The van der Waals surface area contributed by atoms with Crippen LogP contribution in [0.3, 0.4) is 0 Å². The Balaban J connectivity index is 2.55. The Labute approximate surface area is 76.2 Å². The highest BCUT2D eigenvalue weighted by molar-refractivity contribution is 6.32. The predicted octanol–water partition coefficient (Wildman–Crippen LogP) is 0.0444. The molecule has 0 amide bonds. The number of nitriles is 1. The Morgan fingerprint density at radius 3 is 2.38 bits per heavy atom. The maximum Gasteiger partial charge on any atom is 0.634 e. The number of benzene rings is 1. The molecule has 0 bridgehead atoms. The van der Waals surface area contributed by atoms with Gasteiger partial charge in [0.2, 0.25) is 0 Å². The Hall–Kier alpha value is -1.35. The van der Waals surface area contributed by atoms with Crippen molar-refractivity contribution in [1.29, 1.82) is 5.26 Å². The second-order valence-electron chi connectivity index (χ2n) is 2.45. The summed E-state index contributed by atoms with van der Waals surface area (Å²) in [5, 5.41) is 25.3. The number of nitrogens with zero attached hydrogens (tertiary/aromatic N) is 1. The minimum Gasteiger partial charge on any atom is -0.402 e. The molecule has 0 aliphatic carbocycles. The normalized spacial score (nSPS) is 9.31. The van der Waals surface area contributed by atoms with Gasteiger partial charge in [0, 0.05) is 0 Å². The molecule has 0 heterocycles. The number of hydrogen-bond acceptors (Lipinski definition) is 4. The molecule has 0 aliphatic rings. The van der Waals surface area contributed by atoms with Gasteiger partial charge in [0.25, 0.3) is 0 Å². The lowest BCUT2D eigenvalue weighted by molar-refractivity contribution is 0.177. The van der Waals surface area contributed by atoms with E-state index in [1.807, 2.05) is 6.07 Å². The molecule has 0 saturated heterocycles. The van der Waals surface area contributed by atoms with Crippen LogP contribution >= 0.6 is 0 Å². The van der Waals surface area contributed by atoms with Crippen molar-refractivity contribution in [2.75, 3.05) is 0 Å². The topological polar surface area (TPSA) is 73.5 Å². The molecule has 0 saturated carbocycles. The highest BCUT2D eigenvalue weighted by Crippen LogP contribution is 2.04. The van der Waals surface area contributed by atoms with E-state index < -0.39 is 7.32 Å². The zero-order valence-corrected chi connectivity index (χ0v) is 6.84. The van der Waals surface area contributed by atoms with Gasteiger partial charge in [-0.05, 0) is 17.7 Å². The van der Waals surface area contributed by atoms with Crippen molar-refractivity contribution in [2.24, 2.45) is 0 Å². The van der Waals surface area contributed by atoms with Crippen LogP contribution in [0.4, 0.5) is 0 Å². The molecule has 0 fully saturated rings. The van der Waals surface area contributed by atoms with E-state index >= 15 is 0 Å². The van der Waals surface area contributed by atoms with E-state index in [0.717, 1.165) is 5.56 Å². The van der Waals surface area contributed by atoms with Crippen molar-refractivity contribution < 1.29 is 14.7 Å². The summed E-state index contributed by atoms with van der Waals surface area (Å²) in [6, 6.07) is 8.65. The Kier molecular flexibility index (Phi) is 3.47. The minimum atomic E-state index is -1.75. The average molecular weight is 177 g/mol. The van der Waals surface area contributed by atoms with E-state index in [2.05, 4.69) is 4.65 Å². The molecule has 1 aromatic rings. The summed E-state index contributed by atoms with van der Waals surface area (Å²) in [6.07, 6.45) is 0. The monoisotopic (exact) mass is 177 g/mol. The van der Waals surface area contributed by atoms with Crippen molar-refractivity contribution in [1.82, 2.24) is 0 Å². The summed E-state index contributed by atoms with van der Waals surface area (Å²) in [5.41, 5.74) is 1.35. The lowest BCUT2D eigenvalue weighted by Crippen LogP contribution is -2.16. The van der Waals surface area contributed by atoms with Crippen LogP contribution in [0.15, 0.2) is 24.3 Å². The van der Waals surface area contributed by atoms with Crippen molar-refractivity contribution in [2.45, 2.75) is 6.61 Å². The lowest BCUT2D eigenvalue weighted by Gasteiger charge is -2.01. The van der Waals surface area contributed by atoms with Crippen molar-refractivity contribution >= 4 is 7.32 Å². The van der Waals surface area contributed by atoms with Gasteiger partial charge in [0.1, 0.15) is 0 Å². The fourth-order valence-electron chi connectivity index (χ4n) is 0.846. The van der Waals surface area contributed by atoms with Crippen LogP contribution in [0.2, 0.25) is 0 Å². The first kappa shape index (κ1) is 9.74. The average Bonchev–Trinajstić information content (AvgIpc) is 2.15. The highest BCUT2D eigenvalue weighted by atomic mass is 16.6. The lowest BCUT2D eigenvalue weighted by atomic mass is 10.1. The largest absolute Gasteiger partial charge is 0.634 e. The highest BCUT2D eigenvalue weighted by Gasteiger charge is 2.07. The van der Waals surface area contributed by atoms with Crippen molar-refractivity contribution in [3.8, 4) is 6.07 Å². The minimum absolute atomic E-state index is 0.114. The van der Waals surface area contributed by atoms with Crippen LogP contribution in [0.25, 0.3) is 0 Å². The second-order valence-corrected chi connectivity index (χ2v) is 2.45. The third-order valence-electron chi connectivity index (χ3n) is 1.48. The third-order valence-corrected chi connectivity index (χ3v) is 1.48. The third kappa shape index (κ3) is 3.26. The zero-order chi connectivity index (χ0) is 9.68. The van der Waals surface area contributed by atoms with E-state index in [1.165, 1.54) is 0 Å². The zero-order valence-electron chi connectivity index (χ0n) is 6.84. The van der Waals surface area contributed by atoms with Gasteiger partial charge in [-0.15, -0.1) is 0 Å². The maximum absolute atomic E-state index is 8.49. The van der Waals surface area contributed by atoms with Crippen molar-refractivity contribution in [3.63, 3.8) is 0 Å². The smallest absolute Gasteiger partial charge is 0.402 e. The molecule has 13 heavy (non-hydrogen) atoms. The summed E-state index contributed by atoms with van der Waals surface area (Å²) in [5.74, 6) is 0. The van der Waals surface area contributed by atoms with E-state index in [-0.39, 0.29) is 6.61 Å². The van der Waals surface area contributed by atoms with Gasteiger partial charge < -0.3 is 14.7 Å². The molecule has 0 atom stereocenters. The molecule has 1 rings (SSSR count). The van der Waals surface area contributed by atoms with Gasteiger partial charge in [-0.25, -0.2) is 0 Å². The van der Waals surface area contributed by atoms with Gasteiger partial charge in [-0.3, -0.25) is 0 Å². The van der Waals surface area contributed by atoms with Gasteiger partial charge in [0.15, 0.2) is 0 Å². The SMILES string of the molecule is N#Cc1ccc(COB(O)O)cc1. The molecule has 66 valence electrons. The molecule has 5 heteroatoms. The molecule has 0 unspecified atom stereocenters. The molecule has 0 spiro atoms. The van der Waals surface area contributed by atoms with Gasteiger partial charge >= 0.3 is 7.32 Å². The maximum atomic E-state index is 8.49. The van der Waals surface area contributed by atoms with Crippen LogP contribution in [0.5, 0.6) is 0 Å². The van der Waals surface area contributed by atoms with Crippen LogP contribution in [0.1, 0.15) is 11.1 Å². The Bertz CT molecular complexity index is 304. The summed E-state index contributed by atoms with van der Waals surface area (Å²) >= 11 is 0. The van der Waals surface area contributed by atoms with Gasteiger partial charge in [-0.1, -0.05) is 12.1 Å². The summed E-state index contributed by atoms with van der Waals surface area (Å²) in [7, 11) is -1.75. The number of rotatable bonds is 3. The molecule has 1 aromatic carbocycles. The van der Waals surface area contributed by atoms with Crippen LogP contribution in [0, 0.1) is 11.3 Å². The van der Waals surface area contributed by atoms with Crippen molar-refractivity contribution in [3.05, 3.63) is 35.4 Å². The quantitative estimate of drug-likeness (QED) is 0.639. The fourth-order valence-corrected chi connectivity index (χ4v) is 0.846. The molecular weight excluding hydrogens is 169 g/mol. The first-order valence-electron chi connectivity index (χ1n) is 3.69. The molecular formula is C8H8BNO3. The molecule has 4 nitrogen and oxygen atoms in total. The van der Waals surface area contributed by atoms with E-state index in [9.17, 15) is 0 Å². The van der Waals surface area contributed by atoms with Crippen LogP contribution in [-0.4, -0.2) is 17.4 Å². The Morgan fingerprint density at radius 2 is 1.92 bits per heavy atom. The first-order valence-corrected chi connectivity index (χ1v) is 3.69. The molecule has 2 N–H and O–H groups in total. The van der Waals surface area contributed by atoms with Gasteiger partial charge in [0.05, 0.1) is 18.2 Å². The summed E-state index contributed by atoms with van der Waals surface area (Å²) in [6.45, 7) is 0.114. The molecule has 0 aromatic heterocycles. The standard InChI is InChI=1S/C8H8BNO3/c10-5-7-1-3-8(4-2-7)6-13-9(11)12/h1-4,11-12H,6H2. The molecule has 0 radical (unpaired) electrons. The van der Waals surface area contributed by atoms with Crippen LogP contribution in [-0.2, 0) is 11.3 Å².